The highest BCUT2D eigenvalue weighted by Crippen LogP contribution is 2.18. The van der Waals surface area contributed by atoms with Crippen LogP contribution in [0.2, 0.25) is 0 Å². The van der Waals surface area contributed by atoms with E-state index < -0.39 is 0 Å². The largest absolute Gasteiger partial charge is 0.466 e. The average molecular weight is 292 g/mol. The number of unbranched alkanes of at least 4 members (excludes halogenated alkanes) is 2. The Labute approximate surface area is 128 Å². The van der Waals surface area contributed by atoms with E-state index in [1.54, 1.807) is 0 Å². The van der Waals surface area contributed by atoms with E-state index in [1.807, 2.05) is 25.1 Å². The fourth-order valence-electron chi connectivity index (χ4n) is 2.34. The van der Waals surface area contributed by atoms with Crippen molar-refractivity contribution < 1.29 is 9.53 Å². The summed E-state index contributed by atoms with van der Waals surface area (Å²) in [5, 5.41) is 0. The minimum atomic E-state index is -0.0845. The van der Waals surface area contributed by atoms with Crippen LogP contribution in [0.3, 0.4) is 0 Å². The van der Waals surface area contributed by atoms with Gasteiger partial charge in [0.2, 0.25) is 0 Å². The van der Waals surface area contributed by atoms with Gasteiger partial charge >= 0.3 is 5.97 Å². The predicted octanol–water partition coefficient (Wildman–Crippen LogP) is 3.61. The third-order valence-corrected chi connectivity index (χ3v) is 3.34. The summed E-state index contributed by atoms with van der Waals surface area (Å²) in [6.07, 6.45) is 4.66. The molecule has 118 valence electrons. The van der Waals surface area contributed by atoms with Crippen LogP contribution in [-0.2, 0) is 9.53 Å². The Balaban J connectivity index is 2.33. The normalized spacial score (nSPS) is 10.4. The first-order valence-corrected chi connectivity index (χ1v) is 7.93. The number of hydrogen-bond donors (Lipinski definition) is 1. The molecule has 0 saturated carbocycles. The van der Waals surface area contributed by atoms with Gasteiger partial charge in [-0.1, -0.05) is 19.4 Å². The SMILES string of the molecule is CCCN(CCCCCC(=O)OCC)c1cccc(N)c1. The highest BCUT2D eigenvalue weighted by atomic mass is 16.5. The molecule has 4 nitrogen and oxygen atoms in total. The van der Waals surface area contributed by atoms with Crippen molar-refractivity contribution >= 4 is 17.3 Å². The molecule has 0 fully saturated rings. The maximum Gasteiger partial charge on any atom is 0.305 e. The minimum absolute atomic E-state index is 0.0845. The molecule has 4 heteroatoms. The topological polar surface area (TPSA) is 55.6 Å². The van der Waals surface area contributed by atoms with Crippen LogP contribution in [0.15, 0.2) is 24.3 Å². The molecule has 1 rings (SSSR count). The molecule has 0 aliphatic carbocycles. The van der Waals surface area contributed by atoms with Crippen molar-refractivity contribution in [1.82, 2.24) is 0 Å². The summed E-state index contributed by atoms with van der Waals surface area (Å²) in [7, 11) is 0. The quantitative estimate of drug-likeness (QED) is 0.406. The number of esters is 1. The molecule has 2 N–H and O–H groups in total. The Morgan fingerprint density at radius 3 is 2.67 bits per heavy atom. The van der Waals surface area contributed by atoms with Gasteiger partial charge in [0, 0.05) is 30.9 Å². The van der Waals surface area contributed by atoms with Gasteiger partial charge in [-0.05, 0) is 44.4 Å². The van der Waals surface area contributed by atoms with Gasteiger partial charge in [0.1, 0.15) is 0 Å². The molecule has 0 aliphatic rings. The molecule has 0 heterocycles. The van der Waals surface area contributed by atoms with Gasteiger partial charge in [0.25, 0.3) is 0 Å². The van der Waals surface area contributed by atoms with Crippen LogP contribution in [0, 0.1) is 0 Å². The van der Waals surface area contributed by atoms with E-state index in [0.29, 0.717) is 13.0 Å². The van der Waals surface area contributed by atoms with E-state index in [-0.39, 0.29) is 5.97 Å². The van der Waals surface area contributed by atoms with Crippen molar-refractivity contribution in [3.05, 3.63) is 24.3 Å². The monoisotopic (exact) mass is 292 g/mol. The molecule has 1 aromatic rings. The Kier molecular flexibility index (Phi) is 8.32. The van der Waals surface area contributed by atoms with Crippen LogP contribution in [0.4, 0.5) is 11.4 Å². The second-order valence-corrected chi connectivity index (χ2v) is 5.20. The van der Waals surface area contributed by atoms with E-state index in [9.17, 15) is 4.79 Å². The minimum Gasteiger partial charge on any atom is -0.466 e. The van der Waals surface area contributed by atoms with Gasteiger partial charge in [0.05, 0.1) is 6.61 Å². The van der Waals surface area contributed by atoms with Crippen molar-refractivity contribution in [2.75, 3.05) is 30.3 Å². The van der Waals surface area contributed by atoms with Crippen LogP contribution in [0.5, 0.6) is 0 Å². The zero-order chi connectivity index (χ0) is 15.5. The summed E-state index contributed by atoms with van der Waals surface area (Å²) in [5.74, 6) is -0.0845. The standard InChI is InChI=1S/C17H28N2O2/c1-3-12-19(16-10-8-9-15(18)14-16)13-7-5-6-11-17(20)21-4-2/h8-10,14H,3-7,11-13,18H2,1-2H3. The fraction of sp³-hybridized carbons (Fsp3) is 0.588. The lowest BCUT2D eigenvalue weighted by Gasteiger charge is -2.24. The Bertz CT molecular complexity index is 421. The number of carbonyl (C=O) groups excluding carboxylic acids is 1. The van der Waals surface area contributed by atoms with Crippen molar-refractivity contribution in [3.8, 4) is 0 Å². The molecule has 0 saturated heterocycles. The summed E-state index contributed by atoms with van der Waals surface area (Å²) < 4.78 is 4.93. The molecule has 0 unspecified atom stereocenters. The summed E-state index contributed by atoms with van der Waals surface area (Å²) in [5.41, 5.74) is 7.84. The Morgan fingerprint density at radius 1 is 1.19 bits per heavy atom. The number of ether oxygens (including phenoxy) is 1. The molecule has 0 aromatic heterocycles. The maximum atomic E-state index is 11.3. The molecular formula is C17H28N2O2. The summed E-state index contributed by atoms with van der Waals surface area (Å²) >= 11 is 0. The highest BCUT2D eigenvalue weighted by molar-refractivity contribution is 5.69. The van der Waals surface area contributed by atoms with E-state index in [2.05, 4.69) is 17.9 Å². The zero-order valence-electron chi connectivity index (χ0n) is 13.3. The highest BCUT2D eigenvalue weighted by Gasteiger charge is 2.06. The number of benzene rings is 1. The zero-order valence-corrected chi connectivity index (χ0v) is 13.3. The van der Waals surface area contributed by atoms with Crippen molar-refractivity contribution in [1.29, 1.82) is 0 Å². The second-order valence-electron chi connectivity index (χ2n) is 5.20. The van der Waals surface area contributed by atoms with Crippen molar-refractivity contribution in [2.45, 2.75) is 46.0 Å². The lowest BCUT2D eigenvalue weighted by Crippen LogP contribution is -2.25. The van der Waals surface area contributed by atoms with Crippen LogP contribution < -0.4 is 10.6 Å². The lowest BCUT2D eigenvalue weighted by molar-refractivity contribution is -0.143. The molecule has 0 atom stereocenters. The first kappa shape index (κ1) is 17.3. The molecule has 0 aliphatic heterocycles. The third-order valence-electron chi connectivity index (χ3n) is 3.34. The second kappa shape index (κ2) is 10.1. The number of carbonyl (C=O) groups is 1. The molecule has 1 aromatic carbocycles. The molecule has 0 radical (unpaired) electrons. The Hall–Kier alpha value is -1.71. The smallest absolute Gasteiger partial charge is 0.305 e. The Morgan fingerprint density at radius 2 is 2.00 bits per heavy atom. The number of anilines is 2. The number of hydrogen-bond acceptors (Lipinski definition) is 4. The molecule has 21 heavy (non-hydrogen) atoms. The average Bonchev–Trinajstić information content (AvgIpc) is 2.46. The lowest BCUT2D eigenvalue weighted by atomic mass is 10.1. The van der Waals surface area contributed by atoms with Gasteiger partial charge in [0.15, 0.2) is 0 Å². The first-order valence-electron chi connectivity index (χ1n) is 7.93. The van der Waals surface area contributed by atoms with Crippen molar-refractivity contribution in [2.24, 2.45) is 0 Å². The van der Waals surface area contributed by atoms with E-state index in [1.165, 1.54) is 5.69 Å². The number of nitrogens with two attached hydrogens (primary N) is 1. The van der Waals surface area contributed by atoms with Crippen LogP contribution in [0.25, 0.3) is 0 Å². The van der Waals surface area contributed by atoms with Crippen LogP contribution in [0.1, 0.15) is 46.0 Å². The predicted molar refractivity (Wildman–Crippen MR) is 88.5 cm³/mol. The molecule has 0 bridgehead atoms. The first-order chi connectivity index (χ1) is 10.2. The molecule has 0 spiro atoms. The van der Waals surface area contributed by atoms with Crippen molar-refractivity contribution in [3.63, 3.8) is 0 Å². The van der Waals surface area contributed by atoms with Gasteiger partial charge in [-0.2, -0.15) is 0 Å². The summed E-state index contributed by atoms with van der Waals surface area (Å²) in [4.78, 5) is 13.6. The van der Waals surface area contributed by atoms with Gasteiger partial charge in [-0.3, -0.25) is 4.79 Å². The van der Waals surface area contributed by atoms with E-state index in [0.717, 1.165) is 44.5 Å². The van der Waals surface area contributed by atoms with E-state index >= 15 is 0 Å². The van der Waals surface area contributed by atoms with Gasteiger partial charge < -0.3 is 15.4 Å². The number of nitrogen functional groups attached to an aromatic ring is 1. The number of nitrogens with zero attached hydrogens (tertiary/aromatic N) is 1. The fourth-order valence-corrected chi connectivity index (χ4v) is 2.34. The maximum absolute atomic E-state index is 11.3. The summed E-state index contributed by atoms with van der Waals surface area (Å²) in [6.45, 7) is 6.52. The number of rotatable bonds is 10. The van der Waals surface area contributed by atoms with Crippen LogP contribution in [-0.4, -0.2) is 25.7 Å². The van der Waals surface area contributed by atoms with Gasteiger partial charge in [-0.25, -0.2) is 0 Å². The van der Waals surface area contributed by atoms with Gasteiger partial charge in [-0.15, -0.1) is 0 Å². The van der Waals surface area contributed by atoms with Crippen LogP contribution >= 0.6 is 0 Å². The summed E-state index contributed by atoms with van der Waals surface area (Å²) in [6, 6.07) is 8.03. The third kappa shape index (κ3) is 7.02. The molecular weight excluding hydrogens is 264 g/mol. The van der Waals surface area contributed by atoms with E-state index in [4.69, 9.17) is 10.5 Å². The molecule has 0 amide bonds.